The lowest BCUT2D eigenvalue weighted by molar-refractivity contribution is 0.118. The molecule has 1 aliphatic heterocycles. The first-order valence-corrected chi connectivity index (χ1v) is 8.24. The summed E-state index contributed by atoms with van der Waals surface area (Å²) >= 11 is 5.19. The second-order valence-corrected chi connectivity index (χ2v) is 6.19. The van der Waals surface area contributed by atoms with Crippen LogP contribution >= 0.6 is 12.2 Å². The minimum absolute atomic E-state index is 0.0862. The molecule has 0 spiro atoms. The number of aryl methyl sites for hydroxylation is 1. The van der Waals surface area contributed by atoms with E-state index >= 15 is 0 Å². The number of hydrogen-bond acceptors (Lipinski definition) is 5. The Morgan fingerprint density at radius 2 is 2.38 bits per heavy atom. The van der Waals surface area contributed by atoms with Gasteiger partial charge in [0.05, 0.1) is 18.3 Å². The number of nitrogens with zero attached hydrogens (tertiary/aromatic N) is 2. The van der Waals surface area contributed by atoms with Crippen LogP contribution in [0.2, 0.25) is 0 Å². The number of H-pyrrole nitrogens is 1. The van der Waals surface area contributed by atoms with Crippen LogP contribution in [0.25, 0.3) is 5.69 Å². The van der Waals surface area contributed by atoms with Crippen molar-refractivity contribution in [2.24, 2.45) is 4.99 Å². The Hall–Kier alpha value is -2.25. The average molecular weight is 345 g/mol. The summed E-state index contributed by atoms with van der Waals surface area (Å²) in [6.45, 7) is 3.17. The van der Waals surface area contributed by atoms with Crippen molar-refractivity contribution < 1.29 is 9.84 Å². The molecule has 0 bridgehead atoms. The van der Waals surface area contributed by atoms with Gasteiger partial charge in [0.15, 0.2) is 4.77 Å². The number of aromatic amines is 1. The zero-order valence-electron chi connectivity index (χ0n) is 13.4. The van der Waals surface area contributed by atoms with Crippen molar-refractivity contribution >= 4 is 18.4 Å². The summed E-state index contributed by atoms with van der Waals surface area (Å²) in [6.07, 6.45) is 3.47. The van der Waals surface area contributed by atoms with Gasteiger partial charge in [-0.05, 0) is 49.7 Å². The van der Waals surface area contributed by atoms with Crippen molar-refractivity contribution in [3.63, 3.8) is 0 Å². The van der Waals surface area contributed by atoms with Crippen LogP contribution in [-0.4, -0.2) is 40.1 Å². The van der Waals surface area contributed by atoms with Gasteiger partial charge in [-0.25, -0.2) is 0 Å². The first-order valence-electron chi connectivity index (χ1n) is 7.83. The normalized spacial score (nSPS) is 17.6. The molecule has 2 N–H and O–H groups in total. The Kier molecular flexibility index (Phi) is 4.92. The molecular weight excluding hydrogens is 326 g/mol. The summed E-state index contributed by atoms with van der Waals surface area (Å²) in [6, 6.07) is 7.50. The number of benzene rings is 1. The molecule has 1 aromatic carbocycles. The van der Waals surface area contributed by atoms with Crippen LogP contribution < -0.4 is 5.56 Å². The third-order valence-corrected chi connectivity index (χ3v) is 4.22. The highest BCUT2D eigenvalue weighted by atomic mass is 32.1. The summed E-state index contributed by atoms with van der Waals surface area (Å²) in [4.78, 5) is 19.0. The lowest BCUT2D eigenvalue weighted by Crippen LogP contribution is -2.18. The molecular formula is C17H19N3O3S. The van der Waals surface area contributed by atoms with Gasteiger partial charge in [0.2, 0.25) is 5.88 Å². The third-order valence-electron chi connectivity index (χ3n) is 3.93. The SMILES string of the molecule is Cc1cccc(-n2c(O)c(C=NC[C@@H]3CCCO3)c(=O)[nH]c2=S)c1. The molecule has 1 fully saturated rings. The van der Waals surface area contributed by atoms with Crippen LogP contribution in [-0.2, 0) is 4.74 Å². The minimum atomic E-state index is -0.461. The molecule has 0 radical (unpaired) electrons. The molecule has 0 amide bonds. The number of aromatic nitrogens is 2. The fourth-order valence-corrected chi connectivity index (χ4v) is 3.00. The van der Waals surface area contributed by atoms with E-state index < -0.39 is 5.56 Å². The maximum atomic E-state index is 12.1. The van der Waals surface area contributed by atoms with E-state index in [2.05, 4.69) is 9.98 Å². The predicted molar refractivity (Wildman–Crippen MR) is 95.1 cm³/mol. The van der Waals surface area contributed by atoms with Crippen LogP contribution in [0.4, 0.5) is 0 Å². The molecule has 1 saturated heterocycles. The molecule has 1 aliphatic rings. The van der Waals surface area contributed by atoms with E-state index in [0.29, 0.717) is 12.2 Å². The lowest BCUT2D eigenvalue weighted by Gasteiger charge is -2.12. The zero-order chi connectivity index (χ0) is 17.1. The van der Waals surface area contributed by atoms with E-state index in [0.717, 1.165) is 25.0 Å². The number of rotatable bonds is 4. The van der Waals surface area contributed by atoms with Crippen LogP contribution in [0.1, 0.15) is 24.0 Å². The Morgan fingerprint density at radius 3 is 3.08 bits per heavy atom. The largest absolute Gasteiger partial charge is 0.494 e. The van der Waals surface area contributed by atoms with Crippen molar-refractivity contribution in [1.29, 1.82) is 0 Å². The monoisotopic (exact) mass is 345 g/mol. The second-order valence-electron chi connectivity index (χ2n) is 5.80. The quantitative estimate of drug-likeness (QED) is 0.659. The van der Waals surface area contributed by atoms with Gasteiger partial charge in [-0.15, -0.1) is 0 Å². The maximum absolute atomic E-state index is 12.1. The molecule has 126 valence electrons. The summed E-state index contributed by atoms with van der Waals surface area (Å²) in [5.74, 6) is -0.217. The Balaban J connectivity index is 1.98. The van der Waals surface area contributed by atoms with Crippen molar-refractivity contribution in [3.8, 4) is 11.6 Å². The van der Waals surface area contributed by atoms with Crippen molar-refractivity contribution in [2.75, 3.05) is 13.2 Å². The molecule has 1 atom stereocenters. The summed E-state index contributed by atoms with van der Waals surface area (Å²) in [5.41, 5.74) is 1.33. The van der Waals surface area contributed by atoms with Crippen molar-refractivity contribution in [1.82, 2.24) is 9.55 Å². The maximum Gasteiger partial charge on any atom is 0.264 e. The van der Waals surface area contributed by atoms with Crippen LogP contribution in [0.3, 0.4) is 0 Å². The van der Waals surface area contributed by atoms with Gasteiger partial charge < -0.3 is 9.84 Å². The highest BCUT2D eigenvalue weighted by Gasteiger charge is 2.15. The Morgan fingerprint density at radius 1 is 1.54 bits per heavy atom. The lowest BCUT2D eigenvalue weighted by atomic mass is 10.2. The van der Waals surface area contributed by atoms with E-state index in [1.54, 1.807) is 0 Å². The van der Waals surface area contributed by atoms with E-state index in [9.17, 15) is 9.90 Å². The van der Waals surface area contributed by atoms with Crippen LogP contribution in [0.5, 0.6) is 5.88 Å². The topological polar surface area (TPSA) is 79.6 Å². The van der Waals surface area contributed by atoms with Crippen LogP contribution in [0.15, 0.2) is 34.1 Å². The number of hydrogen-bond donors (Lipinski definition) is 2. The van der Waals surface area contributed by atoms with Gasteiger partial charge >= 0.3 is 0 Å². The van der Waals surface area contributed by atoms with E-state index in [4.69, 9.17) is 17.0 Å². The zero-order valence-corrected chi connectivity index (χ0v) is 14.2. The highest BCUT2D eigenvalue weighted by molar-refractivity contribution is 7.71. The van der Waals surface area contributed by atoms with Gasteiger partial charge in [-0.3, -0.25) is 19.3 Å². The molecule has 2 heterocycles. The molecule has 0 unspecified atom stereocenters. The number of aromatic hydroxyl groups is 1. The summed E-state index contributed by atoms with van der Waals surface area (Å²) < 4.78 is 7.06. The molecule has 24 heavy (non-hydrogen) atoms. The summed E-state index contributed by atoms with van der Waals surface area (Å²) in [7, 11) is 0. The molecule has 1 aromatic heterocycles. The standard InChI is InChI=1S/C17H19N3O3S/c1-11-4-2-5-12(8-11)20-16(22)14(15(21)19-17(20)24)10-18-9-13-6-3-7-23-13/h2,4-5,8,10,13,22H,3,6-7,9H2,1H3,(H,19,21,24)/t13-/m0/s1. The number of aliphatic imine (C=N–C) groups is 1. The predicted octanol–water partition coefficient (Wildman–Crippen LogP) is 2.51. The first kappa shape index (κ1) is 16.6. The molecule has 2 aromatic rings. The van der Waals surface area contributed by atoms with Crippen molar-refractivity contribution in [2.45, 2.75) is 25.9 Å². The smallest absolute Gasteiger partial charge is 0.264 e. The molecule has 0 saturated carbocycles. The Bertz CT molecular complexity index is 879. The van der Waals surface area contributed by atoms with E-state index in [-0.39, 0.29) is 22.3 Å². The molecule has 3 rings (SSSR count). The van der Waals surface area contributed by atoms with E-state index in [1.807, 2.05) is 31.2 Å². The molecule has 0 aliphatic carbocycles. The van der Waals surface area contributed by atoms with Crippen LogP contribution in [0, 0.1) is 11.7 Å². The fraction of sp³-hybridized carbons (Fsp3) is 0.353. The fourth-order valence-electron chi connectivity index (χ4n) is 2.71. The van der Waals surface area contributed by atoms with E-state index in [1.165, 1.54) is 10.8 Å². The number of nitrogens with one attached hydrogen (secondary N) is 1. The first-order chi connectivity index (χ1) is 11.6. The second kappa shape index (κ2) is 7.11. The third kappa shape index (κ3) is 3.47. The number of ether oxygens (including phenoxy) is 1. The van der Waals surface area contributed by atoms with Gasteiger partial charge in [0.1, 0.15) is 5.56 Å². The van der Waals surface area contributed by atoms with Gasteiger partial charge in [0.25, 0.3) is 5.56 Å². The Labute approximate surface area is 144 Å². The molecule has 7 heteroatoms. The van der Waals surface area contributed by atoms with Crippen molar-refractivity contribution in [3.05, 3.63) is 50.5 Å². The summed E-state index contributed by atoms with van der Waals surface area (Å²) in [5, 5.41) is 10.5. The molecule has 6 nitrogen and oxygen atoms in total. The van der Waals surface area contributed by atoms with Gasteiger partial charge in [0, 0.05) is 12.8 Å². The van der Waals surface area contributed by atoms with Gasteiger partial charge in [-0.1, -0.05) is 12.1 Å². The highest BCUT2D eigenvalue weighted by Crippen LogP contribution is 2.19. The minimum Gasteiger partial charge on any atom is -0.494 e. The van der Waals surface area contributed by atoms with Gasteiger partial charge in [-0.2, -0.15) is 0 Å². The average Bonchev–Trinajstić information content (AvgIpc) is 3.03.